The lowest BCUT2D eigenvalue weighted by atomic mass is 10.1. The summed E-state index contributed by atoms with van der Waals surface area (Å²) in [5.41, 5.74) is 0.843. The lowest BCUT2D eigenvalue weighted by Crippen LogP contribution is -2.46. The zero-order valence-corrected chi connectivity index (χ0v) is 12.8. The average molecular weight is 303 g/mol. The molecule has 0 unspecified atom stereocenters. The lowest BCUT2D eigenvalue weighted by molar-refractivity contribution is -0.117. The van der Waals surface area contributed by atoms with E-state index >= 15 is 0 Å². The molecule has 0 N–H and O–H groups in total. The number of aromatic nitrogens is 2. The molecule has 7 nitrogen and oxygen atoms in total. The number of nitrogens with zero attached hydrogens (tertiary/aromatic N) is 5. The second kappa shape index (κ2) is 5.00. The Morgan fingerprint density at radius 3 is 2.68 bits per heavy atom. The number of amides is 3. The third-order valence-electron chi connectivity index (χ3n) is 5.09. The van der Waals surface area contributed by atoms with E-state index in [-0.39, 0.29) is 24.0 Å². The fourth-order valence-electron chi connectivity index (χ4n) is 4.04. The Bertz CT molecular complexity index is 607. The molecular weight excluding hydrogens is 282 g/mol. The number of carbonyl (C=O) groups excluding carboxylic acids is 2. The van der Waals surface area contributed by atoms with Gasteiger partial charge in [-0.3, -0.25) is 9.48 Å². The summed E-state index contributed by atoms with van der Waals surface area (Å²) in [5.74, 6) is 0.0990. The molecule has 4 heterocycles. The molecule has 3 aliphatic heterocycles. The molecule has 22 heavy (non-hydrogen) atoms. The average Bonchev–Trinajstić information content (AvgIpc) is 3.22. The third kappa shape index (κ3) is 1.99. The molecule has 118 valence electrons. The topological polar surface area (TPSA) is 61.7 Å². The molecule has 0 spiro atoms. The van der Waals surface area contributed by atoms with Crippen molar-refractivity contribution < 1.29 is 9.59 Å². The van der Waals surface area contributed by atoms with E-state index in [0.29, 0.717) is 6.42 Å². The van der Waals surface area contributed by atoms with Gasteiger partial charge in [0, 0.05) is 39.3 Å². The van der Waals surface area contributed by atoms with Crippen LogP contribution in [0.1, 0.15) is 25.7 Å². The van der Waals surface area contributed by atoms with Crippen LogP contribution in [-0.2, 0) is 11.8 Å². The molecule has 3 aliphatic rings. The van der Waals surface area contributed by atoms with Crippen LogP contribution in [0.5, 0.6) is 0 Å². The van der Waals surface area contributed by atoms with Crippen molar-refractivity contribution in [3.05, 3.63) is 12.4 Å². The highest BCUT2D eigenvalue weighted by Gasteiger charge is 2.50. The quantitative estimate of drug-likeness (QED) is 0.771. The van der Waals surface area contributed by atoms with Crippen LogP contribution in [0.2, 0.25) is 0 Å². The smallest absolute Gasteiger partial charge is 0.320 e. The second-order valence-corrected chi connectivity index (χ2v) is 6.43. The van der Waals surface area contributed by atoms with Crippen LogP contribution in [0, 0.1) is 0 Å². The number of carbonyl (C=O) groups is 2. The summed E-state index contributed by atoms with van der Waals surface area (Å²) in [4.78, 5) is 30.8. The van der Waals surface area contributed by atoms with Gasteiger partial charge in [-0.15, -0.1) is 0 Å². The highest BCUT2D eigenvalue weighted by molar-refractivity contribution is 5.98. The number of urea groups is 1. The molecular formula is C15H21N5O2. The van der Waals surface area contributed by atoms with E-state index in [1.165, 1.54) is 0 Å². The Morgan fingerprint density at radius 1 is 1.23 bits per heavy atom. The van der Waals surface area contributed by atoms with Gasteiger partial charge in [0.25, 0.3) is 0 Å². The number of hydrogen-bond donors (Lipinski definition) is 0. The summed E-state index contributed by atoms with van der Waals surface area (Å²) in [7, 11) is 1.85. The van der Waals surface area contributed by atoms with Crippen molar-refractivity contribution in [3.63, 3.8) is 0 Å². The molecule has 3 fully saturated rings. The third-order valence-corrected chi connectivity index (χ3v) is 5.09. The molecule has 0 saturated carbocycles. The fourth-order valence-corrected chi connectivity index (χ4v) is 4.04. The van der Waals surface area contributed by atoms with Crippen LogP contribution in [0.4, 0.5) is 10.5 Å². The molecule has 1 aromatic rings. The van der Waals surface area contributed by atoms with Crippen LogP contribution in [0.25, 0.3) is 0 Å². The minimum absolute atomic E-state index is 0.0146. The monoisotopic (exact) mass is 303 g/mol. The van der Waals surface area contributed by atoms with Crippen LogP contribution in [-0.4, -0.2) is 63.2 Å². The minimum atomic E-state index is 0.0146. The summed E-state index contributed by atoms with van der Waals surface area (Å²) in [6.45, 7) is 2.45. The minimum Gasteiger partial charge on any atom is -0.325 e. The molecule has 7 heteroatoms. The van der Waals surface area contributed by atoms with Gasteiger partial charge >= 0.3 is 6.03 Å². The standard InChI is InChI=1S/C15H21N5O2/c1-17-10-11(9-16-17)20-12-4-7-19(13(12)8-14(20)21)15(22)18-5-2-3-6-18/h9-10,12-13H,2-8H2,1H3/t12-,13+/m0/s1. The van der Waals surface area contributed by atoms with E-state index in [2.05, 4.69) is 5.10 Å². The molecule has 0 aromatic carbocycles. The molecule has 1 aromatic heterocycles. The molecule has 0 bridgehead atoms. The first-order valence-electron chi connectivity index (χ1n) is 8.01. The first-order valence-corrected chi connectivity index (χ1v) is 8.01. The summed E-state index contributed by atoms with van der Waals surface area (Å²) in [5, 5.41) is 4.16. The van der Waals surface area contributed by atoms with Crippen LogP contribution in [0.15, 0.2) is 12.4 Å². The van der Waals surface area contributed by atoms with Crippen LogP contribution < -0.4 is 4.90 Å². The SMILES string of the molecule is Cn1cc(N2C(=O)C[C@@H]3[C@@H]2CCN3C(=O)N2CCCC2)cn1. The molecule has 3 saturated heterocycles. The number of aryl methyl sites for hydroxylation is 1. The number of hydrogen-bond acceptors (Lipinski definition) is 3. The Morgan fingerprint density at radius 2 is 2.00 bits per heavy atom. The van der Waals surface area contributed by atoms with E-state index in [4.69, 9.17) is 0 Å². The molecule has 2 atom stereocenters. The van der Waals surface area contributed by atoms with Gasteiger partial charge in [0.15, 0.2) is 0 Å². The first-order chi connectivity index (χ1) is 10.6. The largest absolute Gasteiger partial charge is 0.325 e. The molecule has 4 rings (SSSR count). The predicted molar refractivity (Wildman–Crippen MR) is 80.4 cm³/mol. The van der Waals surface area contributed by atoms with Gasteiger partial charge in [0.2, 0.25) is 5.91 Å². The van der Waals surface area contributed by atoms with Gasteiger partial charge in [0.05, 0.1) is 24.0 Å². The highest BCUT2D eigenvalue weighted by Crippen LogP contribution is 2.36. The highest BCUT2D eigenvalue weighted by atomic mass is 16.2. The van der Waals surface area contributed by atoms with E-state index < -0.39 is 0 Å². The van der Waals surface area contributed by atoms with E-state index in [1.807, 2.05) is 27.9 Å². The van der Waals surface area contributed by atoms with Gasteiger partial charge in [-0.05, 0) is 19.3 Å². The Balaban J connectivity index is 1.55. The number of fused-ring (bicyclic) bond motifs is 1. The maximum atomic E-state index is 12.6. The Kier molecular flexibility index (Phi) is 3.09. The van der Waals surface area contributed by atoms with Crippen molar-refractivity contribution in [1.29, 1.82) is 0 Å². The van der Waals surface area contributed by atoms with Gasteiger partial charge in [-0.1, -0.05) is 0 Å². The van der Waals surface area contributed by atoms with Crippen LogP contribution >= 0.6 is 0 Å². The zero-order valence-electron chi connectivity index (χ0n) is 12.8. The van der Waals surface area contributed by atoms with Crippen molar-refractivity contribution in [2.75, 3.05) is 24.5 Å². The Hall–Kier alpha value is -2.05. The Labute approximate surface area is 129 Å². The van der Waals surface area contributed by atoms with Crippen molar-refractivity contribution in [3.8, 4) is 0 Å². The summed E-state index contributed by atoms with van der Waals surface area (Å²) >= 11 is 0. The number of rotatable bonds is 1. The predicted octanol–water partition coefficient (Wildman–Crippen LogP) is 0.815. The van der Waals surface area contributed by atoms with Crippen molar-refractivity contribution in [1.82, 2.24) is 19.6 Å². The second-order valence-electron chi connectivity index (χ2n) is 6.43. The van der Waals surface area contributed by atoms with E-state index in [9.17, 15) is 9.59 Å². The fraction of sp³-hybridized carbons (Fsp3) is 0.667. The van der Waals surface area contributed by atoms with Gasteiger partial charge in [-0.25, -0.2) is 4.79 Å². The summed E-state index contributed by atoms with van der Waals surface area (Å²) < 4.78 is 1.71. The lowest BCUT2D eigenvalue weighted by Gasteiger charge is -2.28. The van der Waals surface area contributed by atoms with Crippen molar-refractivity contribution in [2.24, 2.45) is 7.05 Å². The normalized spacial score (nSPS) is 27.9. The summed E-state index contributed by atoms with van der Waals surface area (Å²) in [6.07, 6.45) is 7.06. The van der Waals surface area contributed by atoms with Crippen molar-refractivity contribution >= 4 is 17.6 Å². The molecule has 0 radical (unpaired) electrons. The zero-order chi connectivity index (χ0) is 15.3. The van der Waals surface area contributed by atoms with Crippen molar-refractivity contribution in [2.45, 2.75) is 37.8 Å². The maximum absolute atomic E-state index is 12.6. The first kappa shape index (κ1) is 13.6. The maximum Gasteiger partial charge on any atom is 0.320 e. The summed E-state index contributed by atoms with van der Waals surface area (Å²) in [6, 6.07) is 0.231. The van der Waals surface area contributed by atoms with Gasteiger partial charge in [0.1, 0.15) is 0 Å². The number of anilines is 1. The molecule has 0 aliphatic carbocycles. The number of likely N-dealkylation sites (tertiary alicyclic amines) is 2. The van der Waals surface area contributed by atoms with E-state index in [0.717, 1.165) is 44.6 Å². The van der Waals surface area contributed by atoms with Gasteiger partial charge in [-0.2, -0.15) is 5.10 Å². The van der Waals surface area contributed by atoms with Gasteiger partial charge < -0.3 is 14.7 Å². The van der Waals surface area contributed by atoms with E-state index in [1.54, 1.807) is 10.9 Å². The van der Waals surface area contributed by atoms with Crippen LogP contribution in [0.3, 0.4) is 0 Å². The molecule has 3 amide bonds.